The summed E-state index contributed by atoms with van der Waals surface area (Å²) >= 11 is 0. The summed E-state index contributed by atoms with van der Waals surface area (Å²) < 4.78 is 16.9. The van der Waals surface area contributed by atoms with E-state index >= 15 is 0 Å². The second-order valence-electron chi connectivity index (χ2n) is 20.6. The average Bonchev–Trinajstić information content (AvgIpc) is 3.42. The molecule has 6 nitrogen and oxygen atoms in total. The van der Waals surface area contributed by atoms with Crippen LogP contribution in [-0.4, -0.2) is 37.2 Å². The van der Waals surface area contributed by atoms with Crippen LogP contribution in [0.25, 0.3) is 0 Å². The van der Waals surface area contributed by atoms with Gasteiger partial charge in [0, 0.05) is 19.3 Å². The number of hydrogen-bond acceptors (Lipinski definition) is 6. The van der Waals surface area contributed by atoms with Gasteiger partial charge in [-0.2, -0.15) is 0 Å². The van der Waals surface area contributed by atoms with Crippen molar-refractivity contribution in [2.75, 3.05) is 13.2 Å². The first-order chi connectivity index (χ1) is 37.5. The summed E-state index contributed by atoms with van der Waals surface area (Å²) in [6.45, 7) is 6.38. The van der Waals surface area contributed by atoms with E-state index < -0.39 is 6.10 Å². The maximum atomic E-state index is 12.9. The molecule has 0 aromatic rings. The van der Waals surface area contributed by atoms with Crippen LogP contribution in [0.5, 0.6) is 0 Å². The molecule has 0 rings (SSSR count). The lowest BCUT2D eigenvalue weighted by molar-refractivity contribution is -0.167. The van der Waals surface area contributed by atoms with Crippen molar-refractivity contribution in [3.05, 3.63) is 122 Å². The second-order valence-corrected chi connectivity index (χ2v) is 20.6. The molecular weight excluding hydrogens is 937 g/mol. The predicted molar refractivity (Wildman–Crippen MR) is 330 cm³/mol. The third kappa shape index (κ3) is 60.7. The number of unbranched alkanes of at least 4 members (excludes halogenated alkanes) is 25. The zero-order valence-electron chi connectivity index (χ0n) is 49.5. The zero-order chi connectivity index (χ0) is 55.0. The highest BCUT2D eigenvalue weighted by Gasteiger charge is 2.19. The first-order valence-electron chi connectivity index (χ1n) is 31.5. The Bertz CT molecular complexity index is 1590. The number of carbonyl (C=O) groups is 3. The van der Waals surface area contributed by atoms with Crippen molar-refractivity contribution in [2.24, 2.45) is 0 Å². The van der Waals surface area contributed by atoms with Crippen LogP contribution in [0, 0.1) is 0 Å². The van der Waals surface area contributed by atoms with Crippen molar-refractivity contribution in [2.45, 2.75) is 290 Å². The molecule has 0 aromatic heterocycles. The van der Waals surface area contributed by atoms with Crippen molar-refractivity contribution in [3.8, 4) is 0 Å². The molecule has 0 spiro atoms. The van der Waals surface area contributed by atoms with Gasteiger partial charge in [-0.25, -0.2) is 0 Å². The Balaban J connectivity index is 4.49. The normalized spacial score (nSPS) is 12.9. The van der Waals surface area contributed by atoms with Crippen LogP contribution in [0.2, 0.25) is 0 Å². The minimum Gasteiger partial charge on any atom is -0.462 e. The molecule has 0 bridgehead atoms. The molecular formula is C70H116O6. The van der Waals surface area contributed by atoms with Crippen molar-refractivity contribution in [1.82, 2.24) is 0 Å². The molecule has 0 fully saturated rings. The topological polar surface area (TPSA) is 78.9 Å². The lowest BCUT2D eigenvalue weighted by Gasteiger charge is -2.18. The lowest BCUT2D eigenvalue weighted by atomic mass is 10.0. The second kappa shape index (κ2) is 63.3. The van der Waals surface area contributed by atoms with E-state index in [4.69, 9.17) is 14.2 Å². The maximum absolute atomic E-state index is 12.9. The van der Waals surface area contributed by atoms with Gasteiger partial charge in [0.2, 0.25) is 0 Å². The van der Waals surface area contributed by atoms with Gasteiger partial charge in [-0.3, -0.25) is 14.4 Å². The van der Waals surface area contributed by atoms with Crippen molar-refractivity contribution >= 4 is 17.9 Å². The highest BCUT2D eigenvalue weighted by atomic mass is 16.6. The van der Waals surface area contributed by atoms with Crippen LogP contribution in [0.1, 0.15) is 284 Å². The Hall–Kier alpha value is -4.19. The van der Waals surface area contributed by atoms with Crippen LogP contribution in [0.3, 0.4) is 0 Å². The maximum Gasteiger partial charge on any atom is 0.306 e. The van der Waals surface area contributed by atoms with E-state index in [1.54, 1.807) is 0 Å². The monoisotopic (exact) mass is 1050 g/mol. The third-order valence-corrected chi connectivity index (χ3v) is 13.2. The molecule has 0 aromatic carbocycles. The molecule has 1 atom stereocenters. The number of allylic oxidation sites excluding steroid dienone is 20. The fourth-order valence-electron chi connectivity index (χ4n) is 8.56. The Morgan fingerprint density at radius 1 is 0.276 bits per heavy atom. The highest BCUT2D eigenvalue weighted by molar-refractivity contribution is 5.71. The van der Waals surface area contributed by atoms with Gasteiger partial charge in [0.1, 0.15) is 13.2 Å². The zero-order valence-corrected chi connectivity index (χ0v) is 49.5. The SMILES string of the molecule is CC/C=C\C/C=C\C/C=C\C/C=C\C/C=C\CCCCCC(=O)OCC(COC(=O)CCCCCCCCCCCCCCCCCCCCCC)OC(=O)CCCCC/C=C\C/C=C\C/C=C\C/C=C\C/C=C\CC. The summed E-state index contributed by atoms with van der Waals surface area (Å²) in [5.41, 5.74) is 0. The average molecular weight is 1050 g/mol. The van der Waals surface area contributed by atoms with E-state index in [-0.39, 0.29) is 37.5 Å². The minimum absolute atomic E-state index is 0.103. The summed E-state index contributed by atoms with van der Waals surface area (Å²) in [6.07, 6.45) is 87.7. The number of hydrogen-bond donors (Lipinski definition) is 0. The predicted octanol–water partition coefficient (Wildman–Crippen LogP) is 21.6. The number of ether oxygens (including phenoxy) is 3. The summed E-state index contributed by atoms with van der Waals surface area (Å²) in [5.74, 6) is -0.963. The van der Waals surface area contributed by atoms with Gasteiger partial charge >= 0.3 is 17.9 Å². The summed E-state index contributed by atoms with van der Waals surface area (Å²) in [5, 5.41) is 0. The van der Waals surface area contributed by atoms with Gasteiger partial charge in [0.25, 0.3) is 0 Å². The number of rotatable bonds is 56. The fraction of sp³-hybridized carbons (Fsp3) is 0.671. The van der Waals surface area contributed by atoms with Crippen molar-refractivity contribution in [1.29, 1.82) is 0 Å². The first kappa shape index (κ1) is 71.8. The largest absolute Gasteiger partial charge is 0.462 e. The van der Waals surface area contributed by atoms with Crippen molar-refractivity contribution in [3.63, 3.8) is 0 Å². The quantitative estimate of drug-likeness (QED) is 0.0261. The Labute approximate surface area is 469 Å². The van der Waals surface area contributed by atoms with Gasteiger partial charge in [-0.15, -0.1) is 0 Å². The Morgan fingerprint density at radius 3 is 0.803 bits per heavy atom. The summed E-state index contributed by atoms with van der Waals surface area (Å²) in [6, 6.07) is 0. The van der Waals surface area contributed by atoms with Crippen LogP contribution < -0.4 is 0 Å². The molecule has 0 aliphatic carbocycles. The summed E-state index contributed by atoms with van der Waals surface area (Å²) in [4.78, 5) is 38.3. The van der Waals surface area contributed by atoms with Gasteiger partial charge in [-0.05, 0) is 109 Å². The molecule has 76 heavy (non-hydrogen) atoms. The van der Waals surface area contributed by atoms with Gasteiger partial charge in [0.15, 0.2) is 6.10 Å². The molecule has 0 aliphatic heterocycles. The van der Waals surface area contributed by atoms with Crippen LogP contribution in [-0.2, 0) is 28.6 Å². The highest BCUT2D eigenvalue weighted by Crippen LogP contribution is 2.16. The first-order valence-corrected chi connectivity index (χ1v) is 31.5. The smallest absolute Gasteiger partial charge is 0.306 e. The van der Waals surface area contributed by atoms with Crippen LogP contribution in [0.15, 0.2) is 122 Å². The molecule has 0 aliphatic rings. The van der Waals surface area contributed by atoms with E-state index in [2.05, 4.69) is 142 Å². The molecule has 1 unspecified atom stereocenters. The standard InChI is InChI=1S/C70H116O6/c1-4-7-10-13-16-19-22-25-28-31-34-37-39-42-45-48-51-54-57-60-63-69(72)75-66-67(76-70(73)64-61-58-55-52-49-46-43-40-36-33-30-27-24-21-18-15-12-9-6-3)65-74-68(71)62-59-56-53-50-47-44-41-38-35-32-29-26-23-20-17-14-11-8-5-2/h8-9,11-12,17-18,20-21,26-27,29-30,35-36,38,40,44,46-47,49,67H,4-7,10,13-16,19,22-25,28,31-34,37,39,41-43,45,48,50-66H2,1-3H3/b11-8-,12-9-,20-17-,21-18-,29-26-,30-27-,38-35-,40-36-,47-44-,49-46-. The number of esters is 3. The molecule has 0 heterocycles. The van der Waals surface area contributed by atoms with Gasteiger partial charge in [0.05, 0.1) is 0 Å². The Morgan fingerprint density at radius 2 is 0.513 bits per heavy atom. The minimum atomic E-state index is -0.813. The van der Waals surface area contributed by atoms with Crippen LogP contribution >= 0.6 is 0 Å². The number of carbonyl (C=O) groups excluding carboxylic acids is 3. The molecule has 0 N–H and O–H groups in total. The molecule has 0 amide bonds. The third-order valence-electron chi connectivity index (χ3n) is 13.2. The van der Waals surface area contributed by atoms with E-state index in [9.17, 15) is 14.4 Å². The molecule has 432 valence electrons. The molecule has 6 heteroatoms. The molecule has 0 saturated heterocycles. The fourth-order valence-corrected chi connectivity index (χ4v) is 8.56. The van der Waals surface area contributed by atoms with E-state index in [0.29, 0.717) is 12.8 Å². The van der Waals surface area contributed by atoms with E-state index in [0.717, 1.165) is 135 Å². The Kier molecular flexibility index (Phi) is 59.9. The molecule has 0 saturated carbocycles. The van der Waals surface area contributed by atoms with Crippen LogP contribution in [0.4, 0.5) is 0 Å². The summed E-state index contributed by atoms with van der Waals surface area (Å²) in [7, 11) is 0. The lowest BCUT2D eigenvalue weighted by Crippen LogP contribution is -2.30. The van der Waals surface area contributed by atoms with Gasteiger partial charge < -0.3 is 14.2 Å². The van der Waals surface area contributed by atoms with Crippen molar-refractivity contribution < 1.29 is 28.6 Å². The molecule has 0 radical (unpaired) electrons. The van der Waals surface area contributed by atoms with Gasteiger partial charge in [-0.1, -0.05) is 277 Å². The van der Waals surface area contributed by atoms with E-state index in [1.165, 1.54) is 109 Å². The van der Waals surface area contributed by atoms with E-state index in [1.807, 2.05) is 0 Å².